The predicted octanol–water partition coefficient (Wildman–Crippen LogP) is 3.40. The highest BCUT2D eigenvalue weighted by atomic mass is 16.5. The lowest BCUT2D eigenvalue weighted by molar-refractivity contribution is -0.119. The van der Waals surface area contributed by atoms with Crippen molar-refractivity contribution in [2.45, 2.75) is 26.7 Å². The number of benzene rings is 2. The van der Waals surface area contributed by atoms with Gasteiger partial charge in [-0.25, -0.2) is 4.79 Å². The number of phenols is 1. The number of rotatable bonds is 5. The normalized spacial score (nSPS) is 13.5. The van der Waals surface area contributed by atoms with Crippen LogP contribution >= 0.6 is 0 Å². The Morgan fingerprint density at radius 3 is 2.52 bits per heavy atom. The molecular formula is C21H24N2O4. The van der Waals surface area contributed by atoms with E-state index < -0.39 is 18.5 Å². The molecule has 1 fully saturated rings. The highest BCUT2D eigenvalue weighted by Crippen LogP contribution is 2.25. The molecular weight excluding hydrogens is 344 g/mol. The molecule has 1 aliphatic rings. The van der Waals surface area contributed by atoms with E-state index in [1.165, 1.54) is 25.0 Å². The summed E-state index contributed by atoms with van der Waals surface area (Å²) < 4.78 is 5.01. The van der Waals surface area contributed by atoms with Crippen molar-refractivity contribution >= 4 is 23.3 Å². The monoisotopic (exact) mass is 368 g/mol. The standard InChI is InChI=1S/C21H24N2O4/c1-14-5-7-17(19(24)11-14)21(26)27-13-20(25)22-18-8-6-16(12-15(18)2)23-9-3-4-10-23/h5-8,11-12,24H,3-4,9-10,13H2,1-2H3,(H,22,25). The molecule has 2 N–H and O–H groups in total. The van der Waals surface area contributed by atoms with E-state index in [0.29, 0.717) is 5.69 Å². The average Bonchev–Trinajstić information content (AvgIpc) is 3.16. The number of aryl methyl sites for hydroxylation is 2. The number of phenolic OH excluding ortho intramolecular Hbond substituents is 1. The van der Waals surface area contributed by atoms with Crippen molar-refractivity contribution in [3.05, 3.63) is 53.1 Å². The maximum atomic E-state index is 12.1. The lowest BCUT2D eigenvalue weighted by Crippen LogP contribution is -2.22. The fourth-order valence-electron chi connectivity index (χ4n) is 3.17. The number of carbonyl (C=O) groups is 2. The van der Waals surface area contributed by atoms with Gasteiger partial charge in [-0.2, -0.15) is 0 Å². The van der Waals surface area contributed by atoms with E-state index in [0.717, 1.165) is 29.9 Å². The van der Waals surface area contributed by atoms with Crippen LogP contribution in [0.25, 0.3) is 0 Å². The molecule has 6 nitrogen and oxygen atoms in total. The summed E-state index contributed by atoms with van der Waals surface area (Å²) in [6, 6.07) is 10.6. The van der Waals surface area contributed by atoms with Crippen LogP contribution in [0.4, 0.5) is 11.4 Å². The van der Waals surface area contributed by atoms with Crippen LogP contribution in [-0.4, -0.2) is 36.7 Å². The van der Waals surface area contributed by atoms with E-state index in [1.54, 1.807) is 13.0 Å². The molecule has 0 aromatic heterocycles. The van der Waals surface area contributed by atoms with E-state index in [4.69, 9.17) is 4.74 Å². The predicted molar refractivity (Wildman–Crippen MR) is 104 cm³/mol. The summed E-state index contributed by atoms with van der Waals surface area (Å²) in [6.45, 7) is 5.45. The third kappa shape index (κ3) is 4.58. The molecule has 0 unspecified atom stereocenters. The van der Waals surface area contributed by atoms with Gasteiger partial charge in [0, 0.05) is 24.5 Å². The van der Waals surface area contributed by atoms with Crippen LogP contribution < -0.4 is 10.2 Å². The summed E-state index contributed by atoms with van der Waals surface area (Å²) in [5.41, 5.74) is 3.67. The molecule has 0 bridgehead atoms. The van der Waals surface area contributed by atoms with Gasteiger partial charge in [-0.05, 0) is 68.1 Å². The second kappa shape index (κ2) is 8.12. The number of amides is 1. The Hall–Kier alpha value is -3.02. The number of anilines is 2. The Morgan fingerprint density at radius 2 is 1.85 bits per heavy atom. The number of carbonyl (C=O) groups excluding carboxylic acids is 2. The van der Waals surface area contributed by atoms with Crippen molar-refractivity contribution in [3.63, 3.8) is 0 Å². The zero-order valence-corrected chi connectivity index (χ0v) is 15.6. The molecule has 1 saturated heterocycles. The SMILES string of the molecule is Cc1ccc(C(=O)OCC(=O)Nc2ccc(N3CCCC3)cc2C)c(O)c1. The fraction of sp³-hybridized carbons (Fsp3) is 0.333. The minimum atomic E-state index is -0.733. The second-order valence-electron chi connectivity index (χ2n) is 6.84. The Kier molecular flexibility index (Phi) is 5.64. The van der Waals surface area contributed by atoms with Crippen LogP contribution in [0, 0.1) is 13.8 Å². The second-order valence-corrected chi connectivity index (χ2v) is 6.84. The number of ether oxygens (including phenoxy) is 1. The molecule has 0 aliphatic carbocycles. The Morgan fingerprint density at radius 1 is 1.11 bits per heavy atom. The highest BCUT2D eigenvalue weighted by Gasteiger charge is 2.16. The van der Waals surface area contributed by atoms with Gasteiger partial charge in [0.1, 0.15) is 11.3 Å². The Labute approximate surface area is 158 Å². The molecule has 142 valence electrons. The molecule has 0 spiro atoms. The van der Waals surface area contributed by atoms with Crippen molar-refractivity contribution in [1.29, 1.82) is 0 Å². The Balaban J connectivity index is 1.56. The van der Waals surface area contributed by atoms with Crippen molar-refractivity contribution in [2.75, 3.05) is 29.9 Å². The van der Waals surface area contributed by atoms with E-state index >= 15 is 0 Å². The minimum absolute atomic E-state index is 0.0412. The molecule has 2 aromatic rings. The van der Waals surface area contributed by atoms with Crippen LogP contribution in [0.5, 0.6) is 5.75 Å². The lowest BCUT2D eigenvalue weighted by atomic mass is 10.1. The number of esters is 1. The number of aromatic hydroxyl groups is 1. The first-order chi connectivity index (χ1) is 12.9. The number of nitrogens with one attached hydrogen (secondary N) is 1. The van der Waals surface area contributed by atoms with Crippen LogP contribution in [0.15, 0.2) is 36.4 Å². The largest absolute Gasteiger partial charge is 0.507 e. The molecule has 2 aromatic carbocycles. The van der Waals surface area contributed by atoms with Gasteiger partial charge in [0.25, 0.3) is 5.91 Å². The smallest absolute Gasteiger partial charge is 0.342 e. The Bertz CT molecular complexity index is 857. The molecule has 0 atom stereocenters. The maximum Gasteiger partial charge on any atom is 0.342 e. The molecule has 1 amide bonds. The quantitative estimate of drug-likeness (QED) is 0.791. The zero-order chi connectivity index (χ0) is 19.4. The fourth-order valence-corrected chi connectivity index (χ4v) is 3.17. The van der Waals surface area contributed by atoms with Crippen molar-refractivity contribution in [2.24, 2.45) is 0 Å². The van der Waals surface area contributed by atoms with E-state index in [2.05, 4.69) is 16.3 Å². The van der Waals surface area contributed by atoms with E-state index in [-0.39, 0.29) is 11.3 Å². The van der Waals surface area contributed by atoms with Gasteiger partial charge >= 0.3 is 5.97 Å². The maximum absolute atomic E-state index is 12.1. The van der Waals surface area contributed by atoms with Gasteiger partial charge in [0.05, 0.1) is 0 Å². The molecule has 27 heavy (non-hydrogen) atoms. The summed E-state index contributed by atoms with van der Waals surface area (Å²) in [5, 5.41) is 12.6. The van der Waals surface area contributed by atoms with Crippen molar-refractivity contribution in [3.8, 4) is 5.75 Å². The van der Waals surface area contributed by atoms with Crippen LogP contribution in [0.3, 0.4) is 0 Å². The van der Waals surface area contributed by atoms with Crippen LogP contribution in [-0.2, 0) is 9.53 Å². The van der Waals surface area contributed by atoms with Crippen LogP contribution in [0.1, 0.15) is 34.3 Å². The first-order valence-electron chi connectivity index (χ1n) is 9.06. The summed E-state index contributed by atoms with van der Waals surface area (Å²) in [4.78, 5) is 26.5. The highest BCUT2D eigenvalue weighted by molar-refractivity contribution is 5.97. The van der Waals surface area contributed by atoms with E-state index in [1.807, 2.05) is 19.1 Å². The summed E-state index contributed by atoms with van der Waals surface area (Å²) in [6.07, 6.45) is 2.42. The molecule has 1 heterocycles. The molecule has 0 radical (unpaired) electrons. The number of nitrogens with zero attached hydrogens (tertiary/aromatic N) is 1. The van der Waals surface area contributed by atoms with Gasteiger partial charge in [-0.1, -0.05) is 6.07 Å². The van der Waals surface area contributed by atoms with Crippen LogP contribution in [0.2, 0.25) is 0 Å². The third-order valence-corrected chi connectivity index (χ3v) is 4.66. The number of hydrogen-bond acceptors (Lipinski definition) is 5. The van der Waals surface area contributed by atoms with Crippen molar-refractivity contribution < 1.29 is 19.4 Å². The lowest BCUT2D eigenvalue weighted by Gasteiger charge is -2.19. The zero-order valence-electron chi connectivity index (χ0n) is 15.6. The molecule has 3 rings (SSSR count). The molecule has 0 saturated carbocycles. The van der Waals surface area contributed by atoms with Gasteiger partial charge in [0.2, 0.25) is 0 Å². The third-order valence-electron chi connectivity index (χ3n) is 4.66. The first kappa shape index (κ1) is 18.8. The van der Waals surface area contributed by atoms with Gasteiger partial charge in [-0.15, -0.1) is 0 Å². The molecule has 1 aliphatic heterocycles. The average molecular weight is 368 g/mol. The number of hydrogen-bond donors (Lipinski definition) is 2. The summed E-state index contributed by atoms with van der Waals surface area (Å²) >= 11 is 0. The molecule has 6 heteroatoms. The summed E-state index contributed by atoms with van der Waals surface area (Å²) in [7, 11) is 0. The van der Waals surface area contributed by atoms with Crippen molar-refractivity contribution in [1.82, 2.24) is 0 Å². The van der Waals surface area contributed by atoms with Gasteiger partial charge in [0.15, 0.2) is 6.61 Å². The first-order valence-corrected chi connectivity index (χ1v) is 9.06. The minimum Gasteiger partial charge on any atom is -0.507 e. The van der Waals surface area contributed by atoms with Gasteiger partial charge in [-0.3, -0.25) is 4.79 Å². The topological polar surface area (TPSA) is 78.9 Å². The van der Waals surface area contributed by atoms with E-state index in [9.17, 15) is 14.7 Å². The van der Waals surface area contributed by atoms with Gasteiger partial charge < -0.3 is 20.1 Å². The summed E-state index contributed by atoms with van der Waals surface area (Å²) in [5.74, 6) is -1.32.